The number of rotatable bonds is 10. The summed E-state index contributed by atoms with van der Waals surface area (Å²) < 4.78 is 27.6. The average molecular weight is 538 g/mol. The highest BCUT2D eigenvalue weighted by Crippen LogP contribution is 2.22. The van der Waals surface area contributed by atoms with Crippen LogP contribution in [0.4, 0.5) is 0 Å². The van der Waals surface area contributed by atoms with Gasteiger partial charge in [0.25, 0.3) is 0 Å². The molecule has 0 aliphatic heterocycles. The van der Waals surface area contributed by atoms with Crippen molar-refractivity contribution in [1.82, 2.24) is 0 Å². The molecule has 0 bridgehead atoms. The van der Waals surface area contributed by atoms with Crippen LogP contribution in [0.3, 0.4) is 0 Å². The topological polar surface area (TPSA) is 121 Å². The Hall–Kier alpha value is -1.42. The fourth-order valence-corrected chi connectivity index (χ4v) is 1.78. The summed E-state index contributed by atoms with van der Waals surface area (Å²) in [5.74, 6) is -1.73. The first-order valence-electron chi connectivity index (χ1n) is 9.25. The van der Waals surface area contributed by atoms with Crippen LogP contribution in [0.25, 0.3) is 0 Å². The van der Waals surface area contributed by atoms with Crippen LogP contribution in [-0.2, 0) is 36.9 Å². The number of carbonyl (C=O) groups is 4. The van der Waals surface area contributed by atoms with E-state index in [9.17, 15) is 19.2 Å². The molecular weight excluding hydrogens is 507 g/mol. The lowest BCUT2D eigenvalue weighted by atomic mass is 9.86. The van der Waals surface area contributed by atoms with Gasteiger partial charge >= 0.3 is 20.2 Å². The Kier molecular flexibility index (Phi) is 17.8. The number of hydrogen-bond acceptors (Lipinski definition) is 8. The molecule has 32 heavy (non-hydrogen) atoms. The van der Waals surface area contributed by atoms with Gasteiger partial charge in [0.2, 0.25) is 0 Å². The molecule has 12 heteroatoms. The van der Waals surface area contributed by atoms with Gasteiger partial charge in [-0.25, -0.2) is 4.79 Å². The minimum absolute atomic E-state index is 0.166. The van der Waals surface area contributed by atoms with Gasteiger partial charge < -0.3 is 9.47 Å². The second-order valence-corrected chi connectivity index (χ2v) is 11.2. The largest absolute Gasteiger partial charge is 0.466 e. The van der Waals surface area contributed by atoms with Gasteiger partial charge in [-0.1, -0.05) is 12.2 Å². The summed E-state index contributed by atoms with van der Waals surface area (Å²) in [4.78, 5) is 45.1. The number of carbonyl (C=O) groups excluding carboxylic acids is 4. The van der Waals surface area contributed by atoms with Gasteiger partial charge in [0, 0.05) is 32.2 Å². The van der Waals surface area contributed by atoms with Crippen LogP contribution >= 0.6 is 33.0 Å². The molecule has 0 saturated carbocycles. The van der Waals surface area contributed by atoms with E-state index < -0.39 is 42.2 Å². The van der Waals surface area contributed by atoms with Crippen LogP contribution in [0.5, 0.6) is 0 Å². The molecule has 1 unspecified atom stereocenters. The summed E-state index contributed by atoms with van der Waals surface area (Å²) in [5.41, 5.74) is -1.45. The van der Waals surface area contributed by atoms with Gasteiger partial charge in [0.15, 0.2) is 16.9 Å². The highest BCUT2D eigenvalue weighted by Gasteiger charge is 2.35. The monoisotopic (exact) mass is 536 g/mol. The lowest BCUT2D eigenvalue weighted by Crippen LogP contribution is -2.36. The van der Waals surface area contributed by atoms with E-state index >= 15 is 0 Å². The number of allylic oxidation sites excluding steroid dienone is 2. The zero-order valence-electron chi connectivity index (χ0n) is 19.1. The molecule has 0 aromatic rings. The SMILES string of the molecule is C=CC(C)(C)C(=O)C(Cl)C(=O)OCC.C=CC(C)(C)C(=O)CC(=O)OCC.O=S(=O)(Cl)Cl. The molecule has 0 aromatic carbocycles. The van der Waals surface area contributed by atoms with Crippen molar-refractivity contribution in [3.05, 3.63) is 25.3 Å². The van der Waals surface area contributed by atoms with Gasteiger partial charge in [-0.3, -0.25) is 14.4 Å². The number of alkyl halides is 1. The Balaban J connectivity index is -0.000000436. The molecule has 0 saturated heterocycles. The van der Waals surface area contributed by atoms with Crippen LogP contribution in [0.1, 0.15) is 48.0 Å². The second-order valence-electron chi connectivity index (χ2n) is 7.11. The maximum Gasteiger partial charge on any atom is 0.331 e. The Morgan fingerprint density at radius 2 is 1.28 bits per heavy atom. The van der Waals surface area contributed by atoms with Crippen molar-refractivity contribution in [2.45, 2.75) is 53.3 Å². The van der Waals surface area contributed by atoms with E-state index in [1.165, 1.54) is 12.2 Å². The molecular formula is C20H31Cl3O8S. The first-order valence-corrected chi connectivity index (χ1v) is 12.8. The molecule has 0 spiro atoms. The predicted molar refractivity (Wildman–Crippen MR) is 126 cm³/mol. The molecule has 0 heterocycles. The molecule has 0 aliphatic carbocycles. The van der Waals surface area contributed by atoms with Crippen molar-refractivity contribution < 1.29 is 37.1 Å². The molecule has 186 valence electrons. The predicted octanol–water partition coefficient (Wildman–Crippen LogP) is 4.37. The fraction of sp³-hybridized carbons (Fsp3) is 0.600. The van der Waals surface area contributed by atoms with Gasteiger partial charge in [-0.15, -0.1) is 24.8 Å². The molecule has 0 amide bonds. The molecule has 8 nitrogen and oxygen atoms in total. The number of Topliss-reactive ketones (excluding diaryl/α,β-unsaturated/α-hetero) is 2. The van der Waals surface area contributed by atoms with Gasteiger partial charge in [0.05, 0.1) is 13.2 Å². The summed E-state index contributed by atoms with van der Waals surface area (Å²) in [7, 11) is 4.81. The molecule has 0 aromatic heterocycles. The van der Waals surface area contributed by atoms with Gasteiger partial charge in [-0.05, 0) is 41.5 Å². The Morgan fingerprint density at radius 3 is 1.59 bits per heavy atom. The first-order chi connectivity index (χ1) is 14.3. The molecule has 0 fully saturated rings. The van der Waals surface area contributed by atoms with E-state index in [1.54, 1.807) is 41.5 Å². The molecule has 0 rings (SSSR count). The quantitative estimate of drug-likeness (QED) is 0.132. The molecule has 0 aliphatic rings. The number of hydrogen-bond donors (Lipinski definition) is 0. The van der Waals surface area contributed by atoms with Crippen LogP contribution in [0.15, 0.2) is 25.3 Å². The maximum absolute atomic E-state index is 11.6. The van der Waals surface area contributed by atoms with E-state index in [0.717, 1.165) is 0 Å². The van der Waals surface area contributed by atoms with Crippen molar-refractivity contribution in [2.24, 2.45) is 10.8 Å². The third-order valence-corrected chi connectivity index (χ3v) is 4.08. The minimum atomic E-state index is -3.72. The number of esters is 2. The van der Waals surface area contributed by atoms with Crippen molar-refractivity contribution in [1.29, 1.82) is 0 Å². The highest BCUT2D eigenvalue weighted by molar-refractivity contribution is 8.31. The summed E-state index contributed by atoms with van der Waals surface area (Å²) in [6.45, 7) is 17.7. The van der Waals surface area contributed by atoms with E-state index in [4.69, 9.17) is 20.0 Å². The minimum Gasteiger partial charge on any atom is -0.466 e. The highest BCUT2D eigenvalue weighted by atomic mass is 36.0. The van der Waals surface area contributed by atoms with Crippen LogP contribution < -0.4 is 0 Å². The lowest BCUT2D eigenvalue weighted by molar-refractivity contribution is -0.148. The normalized spacial score (nSPS) is 11.9. The number of ether oxygens (including phenoxy) is 2. The maximum atomic E-state index is 11.6. The Bertz CT molecular complexity index is 766. The van der Waals surface area contributed by atoms with Crippen molar-refractivity contribution >= 4 is 64.7 Å². The third-order valence-electron chi connectivity index (χ3n) is 3.71. The zero-order valence-corrected chi connectivity index (χ0v) is 22.2. The molecule has 0 radical (unpaired) electrons. The molecule has 0 N–H and O–H groups in total. The fourth-order valence-electron chi connectivity index (χ4n) is 1.43. The molecule has 1 atom stereocenters. The van der Waals surface area contributed by atoms with Crippen LogP contribution in [0.2, 0.25) is 0 Å². The number of ketones is 2. The summed E-state index contributed by atoms with van der Waals surface area (Å²) in [6, 6.07) is 0. The summed E-state index contributed by atoms with van der Waals surface area (Å²) in [6.07, 6.45) is 2.82. The van der Waals surface area contributed by atoms with E-state index in [2.05, 4.69) is 44.0 Å². The van der Waals surface area contributed by atoms with E-state index in [1.807, 2.05) is 0 Å². The van der Waals surface area contributed by atoms with Gasteiger partial charge in [0.1, 0.15) is 6.42 Å². The van der Waals surface area contributed by atoms with Crippen LogP contribution in [-0.4, -0.2) is 50.5 Å². The van der Waals surface area contributed by atoms with Crippen LogP contribution in [0, 0.1) is 10.8 Å². The third kappa shape index (κ3) is 18.2. The summed E-state index contributed by atoms with van der Waals surface area (Å²) in [5, 5.41) is -1.25. The average Bonchev–Trinajstić information content (AvgIpc) is 2.66. The second kappa shape index (κ2) is 16.2. The smallest absolute Gasteiger partial charge is 0.331 e. The Morgan fingerprint density at radius 1 is 0.906 bits per heavy atom. The zero-order chi connectivity index (χ0) is 26.3. The van der Waals surface area contributed by atoms with Crippen molar-refractivity contribution in [3.63, 3.8) is 0 Å². The van der Waals surface area contributed by atoms with E-state index in [0.29, 0.717) is 6.61 Å². The van der Waals surface area contributed by atoms with Gasteiger partial charge in [-0.2, -0.15) is 8.42 Å². The van der Waals surface area contributed by atoms with E-state index in [-0.39, 0.29) is 18.8 Å². The standard InChI is InChI=1S/C10H15ClO3.C10H16O3.Cl2O2S/c1-5-10(3,4)8(12)7(11)9(13)14-6-2;1-5-10(3,4)8(11)7-9(12)13-6-2;1-5(2,3)4/h5,7H,1,6H2,2-4H3;5H,1,6-7H2,2-4H3;. The van der Waals surface area contributed by atoms with Crippen molar-refractivity contribution in [3.8, 4) is 0 Å². The lowest BCUT2D eigenvalue weighted by Gasteiger charge is -2.20. The summed E-state index contributed by atoms with van der Waals surface area (Å²) >= 11 is 5.65. The first kappa shape index (κ1) is 35.2. The Labute approximate surface area is 204 Å². The number of halogens is 3. The van der Waals surface area contributed by atoms with Crippen molar-refractivity contribution in [2.75, 3.05) is 13.2 Å².